The summed E-state index contributed by atoms with van der Waals surface area (Å²) >= 11 is 0. The van der Waals surface area contributed by atoms with Gasteiger partial charge in [-0.25, -0.2) is 0 Å². The van der Waals surface area contributed by atoms with Crippen molar-refractivity contribution in [2.24, 2.45) is 4.40 Å². The van der Waals surface area contributed by atoms with E-state index in [4.69, 9.17) is 0 Å². The van der Waals surface area contributed by atoms with Crippen LogP contribution in [0, 0.1) is 0 Å². The first-order valence-corrected chi connectivity index (χ1v) is 11.5. The van der Waals surface area contributed by atoms with Crippen molar-refractivity contribution in [1.82, 2.24) is 4.90 Å². The Hall–Kier alpha value is -3.45. The molecule has 1 unspecified atom stereocenters. The molecule has 0 fully saturated rings. The van der Waals surface area contributed by atoms with Gasteiger partial charge in [-0.1, -0.05) is 36.4 Å². The minimum atomic E-state index is -3.68. The predicted molar refractivity (Wildman–Crippen MR) is 120 cm³/mol. The fourth-order valence-corrected chi connectivity index (χ4v) is 5.49. The standard InChI is InChI=1S/C24H21N3O3S/c1-27(21-15-12-16-6-2-3-7-19(16)21)24(28)17-10-13-18(14-11-17)25-23-20-8-4-5-9-22(20)31(29,30)26-23/h2-11,13-14,21H,12,15H2,1H3,(H,25,26). The summed E-state index contributed by atoms with van der Waals surface area (Å²) in [6.07, 6.45) is 1.91. The monoisotopic (exact) mass is 431 g/mol. The third-order valence-corrected chi connectivity index (χ3v) is 7.25. The van der Waals surface area contributed by atoms with Crippen LogP contribution in [0.1, 0.15) is 39.5 Å². The second kappa shape index (κ2) is 7.35. The van der Waals surface area contributed by atoms with Gasteiger partial charge in [-0.3, -0.25) is 4.79 Å². The maximum absolute atomic E-state index is 13.0. The highest BCUT2D eigenvalue weighted by atomic mass is 32.2. The third kappa shape index (κ3) is 3.41. The number of nitrogens with zero attached hydrogens (tertiary/aromatic N) is 2. The predicted octanol–water partition coefficient (Wildman–Crippen LogP) is 4.01. The van der Waals surface area contributed by atoms with Crippen LogP contribution in [-0.2, 0) is 16.4 Å². The summed E-state index contributed by atoms with van der Waals surface area (Å²) in [5.41, 5.74) is 4.31. The van der Waals surface area contributed by atoms with Gasteiger partial charge < -0.3 is 10.2 Å². The van der Waals surface area contributed by atoms with Crippen LogP contribution in [0.15, 0.2) is 82.1 Å². The van der Waals surface area contributed by atoms with Gasteiger partial charge in [0, 0.05) is 23.9 Å². The molecule has 6 nitrogen and oxygen atoms in total. The van der Waals surface area contributed by atoms with E-state index in [-0.39, 0.29) is 22.7 Å². The Morgan fingerprint density at radius 3 is 2.52 bits per heavy atom. The Morgan fingerprint density at radius 2 is 1.71 bits per heavy atom. The van der Waals surface area contributed by atoms with Gasteiger partial charge in [0.1, 0.15) is 4.90 Å². The van der Waals surface area contributed by atoms with Crippen molar-refractivity contribution >= 4 is 27.5 Å². The number of carbonyl (C=O) groups is 1. The largest absolute Gasteiger partial charge is 0.339 e. The first kappa shape index (κ1) is 19.5. The highest BCUT2D eigenvalue weighted by Gasteiger charge is 2.30. The molecule has 7 heteroatoms. The van der Waals surface area contributed by atoms with E-state index in [1.807, 2.05) is 19.2 Å². The summed E-state index contributed by atoms with van der Waals surface area (Å²) in [6.45, 7) is 0. The SMILES string of the molecule is CN(C(=O)c1ccc(NC2=NS(=O)(=O)c3ccccc32)cc1)C1CCc2ccccc21. The second-order valence-electron chi connectivity index (χ2n) is 7.78. The van der Waals surface area contributed by atoms with Crippen molar-refractivity contribution < 1.29 is 13.2 Å². The van der Waals surface area contributed by atoms with E-state index in [1.54, 1.807) is 53.4 Å². The van der Waals surface area contributed by atoms with Crippen LogP contribution in [0.5, 0.6) is 0 Å². The van der Waals surface area contributed by atoms with Crippen molar-refractivity contribution in [1.29, 1.82) is 0 Å². The summed E-state index contributed by atoms with van der Waals surface area (Å²) in [4.78, 5) is 15.0. The van der Waals surface area contributed by atoms with Crippen LogP contribution >= 0.6 is 0 Å². The van der Waals surface area contributed by atoms with Crippen LogP contribution in [0.25, 0.3) is 0 Å². The Bertz CT molecular complexity index is 1310. The molecular weight excluding hydrogens is 410 g/mol. The zero-order valence-electron chi connectivity index (χ0n) is 16.9. The van der Waals surface area contributed by atoms with Crippen LogP contribution in [0.3, 0.4) is 0 Å². The molecule has 5 rings (SSSR count). The van der Waals surface area contributed by atoms with Crippen molar-refractivity contribution in [3.63, 3.8) is 0 Å². The number of aryl methyl sites for hydroxylation is 1. The Morgan fingerprint density at radius 1 is 1.00 bits per heavy atom. The Kier molecular flexibility index (Phi) is 4.63. The van der Waals surface area contributed by atoms with E-state index in [0.717, 1.165) is 12.8 Å². The van der Waals surface area contributed by atoms with Crippen molar-refractivity contribution in [2.45, 2.75) is 23.8 Å². The van der Waals surface area contributed by atoms with Crippen molar-refractivity contribution in [3.05, 3.63) is 95.1 Å². The molecule has 2 aliphatic rings. The van der Waals surface area contributed by atoms with E-state index in [0.29, 0.717) is 16.8 Å². The number of hydrogen-bond donors (Lipinski definition) is 1. The van der Waals surface area contributed by atoms with E-state index >= 15 is 0 Å². The van der Waals surface area contributed by atoms with E-state index < -0.39 is 10.0 Å². The van der Waals surface area contributed by atoms with Gasteiger partial charge in [-0.15, -0.1) is 4.40 Å². The van der Waals surface area contributed by atoms with Gasteiger partial charge >= 0.3 is 0 Å². The minimum absolute atomic E-state index is 0.0422. The zero-order valence-corrected chi connectivity index (χ0v) is 17.8. The van der Waals surface area contributed by atoms with Gasteiger partial charge in [0.15, 0.2) is 5.84 Å². The lowest BCUT2D eigenvalue weighted by Crippen LogP contribution is -2.30. The summed E-state index contributed by atoms with van der Waals surface area (Å²) in [6, 6.07) is 22.1. The highest BCUT2D eigenvalue weighted by molar-refractivity contribution is 7.90. The first-order valence-electron chi connectivity index (χ1n) is 10.1. The normalized spacial score (nSPS) is 18.1. The molecule has 31 heavy (non-hydrogen) atoms. The Labute approximate surface area is 181 Å². The molecule has 0 saturated heterocycles. The lowest BCUT2D eigenvalue weighted by atomic mass is 10.1. The average molecular weight is 432 g/mol. The molecule has 0 radical (unpaired) electrons. The fourth-order valence-electron chi connectivity index (χ4n) is 4.31. The summed E-state index contributed by atoms with van der Waals surface area (Å²) < 4.78 is 28.3. The van der Waals surface area contributed by atoms with Crippen LogP contribution < -0.4 is 5.32 Å². The number of fused-ring (bicyclic) bond motifs is 2. The zero-order chi connectivity index (χ0) is 21.6. The summed E-state index contributed by atoms with van der Waals surface area (Å²) in [5, 5.41) is 3.06. The van der Waals surface area contributed by atoms with Crippen LogP contribution in [0.4, 0.5) is 5.69 Å². The van der Waals surface area contributed by atoms with Gasteiger partial charge in [0.25, 0.3) is 15.9 Å². The van der Waals surface area contributed by atoms with Gasteiger partial charge in [-0.05, 0) is 60.4 Å². The molecule has 1 N–H and O–H groups in total. The van der Waals surface area contributed by atoms with Gasteiger partial charge in [-0.2, -0.15) is 8.42 Å². The van der Waals surface area contributed by atoms with E-state index in [9.17, 15) is 13.2 Å². The number of amidine groups is 1. The van der Waals surface area contributed by atoms with Gasteiger partial charge in [0.2, 0.25) is 0 Å². The number of benzene rings is 3. The summed E-state index contributed by atoms with van der Waals surface area (Å²) in [5.74, 6) is 0.244. The maximum atomic E-state index is 13.0. The third-order valence-electron chi connectivity index (χ3n) is 5.92. The fraction of sp³-hybridized carbons (Fsp3) is 0.167. The number of amides is 1. The molecule has 3 aromatic rings. The molecule has 0 bridgehead atoms. The first-order chi connectivity index (χ1) is 14.9. The van der Waals surface area contributed by atoms with Crippen molar-refractivity contribution in [2.75, 3.05) is 12.4 Å². The minimum Gasteiger partial charge on any atom is -0.339 e. The molecule has 1 aliphatic heterocycles. The quantitative estimate of drug-likeness (QED) is 0.680. The van der Waals surface area contributed by atoms with E-state index in [1.165, 1.54) is 11.1 Å². The highest BCUT2D eigenvalue weighted by Crippen LogP contribution is 2.35. The number of anilines is 1. The van der Waals surface area contributed by atoms with Crippen LogP contribution in [-0.4, -0.2) is 32.1 Å². The molecule has 0 spiro atoms. The number of hydrogen-bond acceptors (Lipinski definition) is 4. The topological polar surface area (TPSA) is 78.8 Å². The number of nitrogens with one attached hydrogen (secondary N) is 1. The molecule has 1 amide bonds. The molecule has 0 saturated carbocycles. The van der Waals surface area contributed by atoms with Gasteiger partial charge in [0.05, 0.1) is 6.04 Å². The average Bonchev–Trinajstić information content (AvgIpc) is 3.32. The number of rotatable bonds is 3. The van der Waals surface area contributed by atoms with Crippen molar-refractivity contribution in [3.8, 4) is 0 Å². The molecule has 156 valence electrons. The smallest absolute Gasteiger partial charge is 0.285 e. The number of carbonyl (C=O) groups excluding carboxylic acids is 1. The maximum Gasteiger partial charge on any atom is 0.285 e. The van der Waals surface area contributed by atoms with E-state index in [2.05, 4.69) is 21.8 Å². The second-order valence-corrected chi connectivity index (χ2v) is 9.36. The molecular formula is C24H21N3O3S. The molecule has 0 aromatic heterocycles. The number of sulfonamides is 1. The summed E-state index contributed by atoms with van der Waals surface area (Å²) in [7, 11) is -1.83. The Balaban J connectivity index is 1.34. The molecule has 1 heterocycles. The molecule has 1 aliphatic carbocycles. The van der Waals surface area contributed by atoms with Crippen LogP contribution in [0.2, 0.25) is 0 Å². The molecule has 1 atom stereocenters. The lowest BCUT2D eigenvalue weighted by Gasteiger charge is -2.25. The lowest BCUT2D eigenvalue weighted by molar-refractivity contribution is 0.0730. The molecule has 3 aromatic carbocycles.